The summed E-state index contributed by atoms with van der Waals surface area (Å²) in [5.41, 5.74) is 1.05. The molecule has 2 atom stereocenters. The van der Waals surface area contributed by atoms with Crippen molar-refractivity contribution in [1.29, 1.82) is 0 Å². The summed E-state index contributed by atoms with van der Waals surface area (Å²) in [5, 5.41) is 3.15. The Kier molecular flexibility index (Phi) is 7.20. The maximum Gasteiger partial charge on any atom is 0.262 e. The van der Waals surface area contributed by atoms with Crippen LogP contribution in [0.5, 0.6) is 11.5 Å². The Hall–Kier alpha value is -2.73. The molecule has 1 saturated carbocycles. The number of piperidine rings is 1. The number of para-hydroxylation sites is 1. The number of halogens is 1. The van der Waals surface area contributed by atoms with Gasteiger partial charge in [0.15, 0.2) is 6.61 Å². The Labute approximate surface area is 193 Å². The fraction of sp³-hybridized carbons (Fsp3) is 0.440. The van der Waals surface area contributed by atoms with Crippen molar-refractivity contribution in [2.75, 3.05) is 32.1 Å². The number of benzene rings is 2. The number of likely N-dealkylation sites (tertiary alicyclic amines) is 1. The van der Waals surface area contributed by atoms with Crippen molar-refractivity contribution in [2.24, 2.45) is 11.8 Å². The minimum absolute atomic E-state index is 0.0213. The molecule has 2 unspecified atom stereocenters. The molecule has 32 heavy (non-hydrogen) atoms. The molecule has 1 aliphatic heterocycles. The zero-order chi connectivity index (χ0) is 22.5. The molecule has 4 rings (SSSR count). The molecule has 1 N–H and O–H groups in total. The van der Waals surface area contributed by atoms with E-state index in [9.17, 15) is 9.59 Å². The number of carbonyl (C=O) groups excluding carboxylic acids is 2. The van der Waals surface area contributed by atoms with Crippen LogP contribution in [-0.2, 0) is 4.79 Å². The summed E-state index contributed by atoms with van der Waals surface area (Å²) < 4.78 is 10.9. The number of rotatable bonds is 6. The largest absolute Gasteiger partial charge is 0.495 e. The first-order valence-electron chi connectivity index (χ1n) is 11.2. The number of hydrogen-bond donors (Lipinski definition) is 1. The van der Waals surface area contributed by atoms with Crippen molar-refractivity contribution >= 4 is 29.1 Å². The van der Waals surface area contributed by atoms with Gasteiger partial charge in [-0.15, -0.1) is 0 Å². The van der Waals surface area contributed by atoms with Crippen molar-refractivity contribution in [2.45, 2.75) is 32.1 Å². The highest BCUT2D eigenvalue weighted by molar-refractivity contribution is 6.32. The van der Waals surface area contributed by atoms with E-state index < -0.39 is 0 Å². The van der Waals surface area contributed by atoms with Crippen LogP contribution in [0.25, 0.3) is 0 Å². The predicted octanol–water partition coefficient (Wildman–Crippen LogP) is 5.02. The van der Waals surface area contributed by atoms with E-state index in [2.05, 4.69) is 5.32 Å². The van der Waals surface area contributed by atoms with Crippen molar-refractivity contribution in [3.8, 4) is 11.5 Å². The summed E-state index contributed by atoms with van der Waals surface area (Å²) in [6, 6.07) is 12.1. The average Bonchev–Trinajstić information content (AvgIpc) is 2.82. The van der Waals surface area contributed by atoms with E-state index in [-0.39, 0.29) is 18.4 Å². The van der Waals surface area contributed by atoms with Gasteiger partial charge in [-0.3, -0.25) is 9.59 Å². The summed E-state index contributed by atoms with van der Waals surface area (Å²) in [7, 11) is 1.53. The molecule has 0 aromatic heterocycles. The van der Waals surface area contributed by atoms with Crippen LogP contribution >= 0.6 is 11.6 Å². The third-order valence-electron chi connectivity index (χ3n) is 6.49. The van der Waals surface area contributed by atoms with Crippen LogP contribution in [0.15, 0.2) is 42.5 Å². The van der Waals surface area contributed by atoms with Crippen LogP contribution in [0.2, 0.25) is 5.02 Å². The molecule has 2 amide bonds. The lowest BCUT2D eigenvalue weighted by molar-refractivity contribution is -0.118. The molecule has 0 spiro atoms. The Morgan fingerprint density at radius 3 is 2.62 bits per heavy atom. The normalized spacial score (nSPS) is 20.2. The van der Waals surface area contributed by atoms with Gasteiger partial charge in [0.1, 0.15) is 11.5 Å². The molecule has 7 heteroatoms. The Morgan fingerprint density at radius 1 is 1.06 bits per heavy atom. The molecular weight excluding hydrogens is 428 g/mol. The van der Waals surface area contributed by atoms with Gasteiger partial charge in [0.05, 0.1) is 17.7 Å². The lowest BCUT2D eigenvalue weighted by atomic mass is 9.75. The van der Waals surface area contributed by atoms with Gasteiger partial charge < -0.3 is 19.7 Å². The molecule has 1 aliphatic carbocycles. The highest BCUT2D eigenvalue weighted by Crippen LogP contribution is 2.37. The molecule has 1 heterocycles. The van der Waals surface area contributed by atoms with E-state index in [0.29, 0.717) is 33.7 Å². The number of fused-ring (bicyclic) bond motifs is 1. The summed E-state index contributed by atoms with van der Waals surface area (Å²) in [6.07, 6.45) is 6.16. The molecular formula is C25H29ClN2O4. The van der Waals surface area contributed by atoms with Gasteiger partial charge in [-0.2, -0.15) is 0 Å². The molecule has 170 valence electrons. The minimum Gasteiger partial charge on any atom is -0.495 e. The van der Waals surface area contributed by atoms with Crippen molar-refractivity contribution < 1.29 is 19.1 Å². The summed E-state index contributed by atoms with van der Waals surface area (Å²) in [4.78, 5) is 27.6. The van der Waals surface area contributed by atoms with E-state index in [0.717, 1.165) is 25.4 Å². The van der Waals surface area contributed by atoms with Crippen molar-refractivity contribution in [3.05, 3.63) is 53.1 Å². The van der Waals surface area contributed by atoms with E-state index in [1.807, 2.05) is 11.0 Å². The predicted molar refractivity (Wildman–Crippen MR) is 125 cm³/mol. The van der Waals surface area contributed by atoms with Gasteiger partial charge in [0.25, 0.3) is 11.8 Å². The fourth-order valence-corrected chi connectivity index (χ4v) is 5.07. The van der Waals surface area contributed by atoms with Crippen LogP contribution in [-0.4, -0.2) is 43.5 Å². The number of nitrogens with one attached hydrogen (secondary N) is 1. The van der Waals surface area contributed by atoms with Gasteiger partial charge in [-0.05, 0) is 55.0 Å². The number of carbonyl (C=O) groups is 2. The molecule has 2 aromatic carbocycles. The molecule has 0 bridgehead atoms. The standard InChI is InChI=1S/C25H29ClN2O4/c1-31-23-11-10-19(14-21(23)26)27-24(29)16-32-22-9-5-4-8-20(22)25(30)28-13-12-17-6-2-3-7-18(17)15-28/h4-5,8-11,14,17-18H,2-3,6-7,12-13,15-16H2,1H3,(H,27,29). The summed E-state index contributed by atoms with van der Waals surface area (Å²) in [6.45, 7) is 1.39. The third kappa shape index (κ3) is 5.18. The Morgan fingerprint density at radius 2 is 1.84 bits per heavy atom. The van der Waals surface area contributed by atoms with Gasteiger partial charge in [0, 0.05) is 18.8 Å². The van der Waals surface area contributed by atoms with Gasteiger partial charge in [-0.25, -0.2) is 0 Å². The van der Waals surface area contributed by atoms with Gasteiger partial charge in [-0.1, -0.05) is 43.0 Å². The van der Waals surface area contributed by atoms with E-state index in [1.165, 1.54) is 32.8 Å². The first kappa shape index (κ1) is 22.5. The van der Waals surface area contributed by atoms with Crippen molar-refractivity contribution in [3.63, 3.8) is 0 Å². The number of hydrogen-bond acceptors (Lipinski definition) is 4. The van der Waals surface area contributed by atoms with Crippen LogP contribution in [0, 0.1) is 11.8 Å². The Balaban J connectivity index is 1.37. The zero-order valence-corrected chi connectivity index (χ0v) is 19.1. The number of amides is 2. The second kappa shape index (κ2) is 10.3. The topological polar surface area (TPSA) is 67.9 Å². The van der Waals surface area contributed by atoms with E-state index in [1.54, 1.807) is 36.4 Å². The second-order valence-electron chi connectivity index (χ2n) is 8.53. The van der Waals surface area contributed by atoms with E-state index >= 15 is 0 Å². The maximum atomic E-state index is 13.2. The quantitative estimate of drug-likeness (QED) is 0.662. The SMILES string of the molecule is COc1ccc(NC(=O)COc2ccccc2C(=O)N2CCC3CCCCC3C2)cc1Cl. The number of anilines is 1. The summed E-state index contributed by atoms with van der Waals surface area (Å²) >= 11 is 6.11. The Bertz CT molecular complexity index is 980. The second-order valence-corrected chi connectivity index (χ2v) is 8.93. The molecule has 0 radical (unpaired) electrons. The lowest BCUT2D eigenvalue weighted by Crippen LogP contribution is -2.44. The first-order valence-corrected chi connectivity index (χ1v) is 11.6. The smallest absolute Gasteiger partial charge is 0.262 e. The fourth-order valence-electron chi connectivity index (χ4n) is 4.81. The molecule has 2 aliphatic rings. The first-order chi connectivity index (χ1) is 15.5. The van der Waals surface area contributed by atoms with Gasteiger partial charge >= 0.3 is 0 Å². The van der Waals surface area contributed by atoms with Crippen LogP contribution in [0.1, 0.15) is 42.5 Å². The van der Waals surface area contributed by atoms with Crippen LogP contribution in [0.4, 0.5) is 5.69 Å². The maximum absolute atomic E-state index is 13.2. The summed E-state index contributed by atoms with van der Waals surface area (Å²) in [5.74, 6) is 1.96. The molecule has 2 aromatic rings. The average molecular weight is 457 g/mol. The number of methoxy groups -OCH3 is 1. The van der Waals surface area contributed by atoms with Crippen LogP contribution < -0.4 is 14.8 Å². The highest BCUT2D eigenvalue weighted by atomic mass is 35.5. The highest BCUT2D eigenvalue weighted by Gasteiger charge is 2.33. The molecule has 2 fully saturated rings. The van der Waals surface area contributed by atoms with Gasteiger partial charge in [0.2, 0.25) is 0 Å². The van der Waals surface area contributed by atoms with E-state index in [4.69, 9.17) is 21.1 Å². The lowest BCUT2D eigenvalue weighted by Gasteiger charge is -2.41. The molecule has 1 saturated heterocycles. The molecule has 6 nitrogen and oxygen atoms in total. The monoisotopic (exact) mass is 456 g/mol. The number of nitrogens with zero attached hydrogens (tertiary/aromatic N) is 1. The van der Waals surface area contributed by atoms with Crippen LogP contribution in [0.3, 0.4) is 0 Å². The minimum atomic E-state index is -0.337. The third-order valence-corrected chi connectivity index (χ3v) is 6.79. The number of ether oxygens (including phenoxy) is 2. The zero-order valence-electron chi connectivity index (χ0n) is 18.3. The van der Waals surface area contributed by atoms with Crippen molar-refractivity contribution in [1.82, 2.24) is 4.90 Å².